The van der Waals surface area contributed by atoms with E-state index in [-0.39, 0.29) is 17.2 Å². The molecule has 0 radical (unpaired) electrons. The first kappa shape index (κ1) is 22.4. The third kappa shape index (κ3) is 5.88. The normalized spacial score (nSPS) is 17.2. The van der Waals surface area contributed by atoms with Crippen LogP contribution in [0.1, 0.15) is 66.4 Å². The molecule has 2 aromatic carbocycles. The number of benzene rings is 2. The summed E-state index contributed by atoms with van der Waals surface area (Å²) in [6.45, 7) is 5.72. The van der Waals surface area contributed by atoms with Crippen LogP contribution in [-0.2, 0) is 11.3 Å². The number of nitrogens with one attached hydrogen (secondary N) is 1. The van der Waals surface area contributed by atoms with Crippen molar-refractivity contribution in [1.29, 1.82) is 0 Å². The van der Waals surface area contributed by atoms with Crippen molar-refractivity contribution in [2.75, 3.05) is 12.3 Å². The zero-order valence-corrected chi connectivity index (χ0v) is 18.8. The lowest BCUT2D eigenvalue weighted by atomic mass is 9.99. The Kier molecular flexibility index (Phi) is 8.38. The van der Waals surface area contributed by atoms with Gasteiger partial charge in [-0.3, -0.25) is 9.59 Å². The van der Waals surface area contributed by atoms with Gasteiger partial charge in [-0.05, 0) is 35.6 Å². The van der Waals surface area contributed by atoms with Gasteiger partial charge >= 0.3 is 0 Å². The lowest BCUT2D eigenvalue weighted by Crippen LogP contribution is -2.29. The van der Waals surface area contributed by atoms with Crippen molar-refractivity contribution in [3.05, 3.63) is 71.3 Å². The summed E-state index contributed by atoms with van der Waals surface area (Å²) in [4.78, 5) is 26.9. The third-order valence-electron chi connectivity index (χ3n) is 5.72. The van der Waals surface area contributed by atoms with Crippen LogP contribution >= 0.6 is 11.8 Å². The van der Waals surface area contributed by atoms with Gasteiger partial charge in [0.1, 0.15) is 5.37 Å². The molecule has 5 heteroatoms. The highest BCUT2D eigenvalue weighted by Crippen LogP contribution is 2.39. The van der Waals surface area contributed by atoms with Crippen LogP contribution in [-0.4, -0.2) is 29.0 Å². The van der Waals surface area contributed by atoms with Gasteiger partial charge in [-0.25, -0.2) is 0 Å². The van der Waals surface area contributed by atoms with Gasteiger partial charge in [0.15, 0.2) is 0 Å². The van der Waals surface area contributed by atoms with Crippen LogP contribution < -0.4 is 5.32 Å². The fourth-order valence-corrected chi connectivity index (χ4v) is 4.95. The predicted octanol–water partition coefficient (Wildman–Crippen LogP) is 5.41. The lowest BCUT2D eigenvalue weighted by Gasteiger charge is -2.24. The zero-order valence-electron chi connectivity index (χ0n) is 18.0. The number of amides is 2. The fourth-order valence-electron chi connectivity index (χ4n) is 3.76. The van der Waals surface area contributed by atoms with E-state index in [2.05, 4.69) is 19.2 Å². The number of carbonyl (C=O) groups excluding carboxylic acids is 2. The maximum Gasteiger partial charge on any atom is 0.251 e. The first-order valence-electron chi connectivity index (χ1n) is 11.0. The van der Waals surface area contributed by atoms with E-state index in [0.29, 0.717) is 23.8 Å². The highest BCUT2D eigenvalue weighted by atomic mass is 32.2. The predicted molar refractivity (Wildman–Crippen MR) is 124 cm³/mol. The molecule has 0 bridgehead atoms. The molecular weight excluding hydrogens is 392 g/mol. The van der Waals surface area contributed by atoms with Crippen molar-refractivity contribution in [2.24, 2.45) is 5.92 Å². The summed E-state index contributed by atoms with van der Waals surface area (Å²) in [5.41, 5.74) is 2.86. The van der Waals surface area contributed by atoms with Gasteiger partial charge in [-0.15, -0.1) is 11.8 Å². The van der Waals surface area contributed by atoms with Crippen molar-refractivity contribution in [2.45, 2.75) is 51.4 Å². The molecule has 1 heterocycles. The summed E-state index contributed by atoms with van der Waals surface area (Å²) in [7, 11) is 0. The second-order valence-corrected chi connectivity index (χ2v) is 8.99. The Morgan fingerprint density at radius 3 is 2.53 bits per heavy atom. The maximum absolute atomic E-state index is 12.5. The Balaban J connectivity index is 1.61. The van der Waals surface area contributed by atoms with Gasteiger partial charge in [-0.1, -0.05) is 75.6 Å². The Bertz CT molecular complexity index is 823. The summed E-state index contributed by atoms with van der Waals surface area (Å²) in [6, 6.07) is 17.8. The first-order valence-corrected chi connectivity index (χ1v) is 12.0. The van der Waals surface area contributed by atoms with Gasteiger partial charge in [0, 0.05) is 18.7 Å². The largest absolute Gasteiger partial charge is 0.352 e. The Labute approximate surface area is 184 Å². The Morgan fingerprint density at radius 1 is 1.13 bits per heavy atom. The highest BCUT2D eigenvalue weighted by Gasteiger charge is 2.32. The molecule has 1 N–H and O–H groups in total. The van der Waals surface area contributed by atoms with Crippen molar-refractivity contribution < 1.29 is 9.59 Å². The number of unbranched alkanes of at least 4 members (excludes halogenated alkanes) is 1. The van der Waals surface area contributed by atoms with Crippen molar-refractivity contribution >= 4 is 23.6 Å². The quantitative estimate of drug-likeness (QED) is 0.555. The second kappa shape index (κ2) is 11.2. The highest BCUT2D eigenvalue weighted by molar-refractivity contribution is 8.00. The molecule has 0 spiro atoms. The van der Waals surface area contributed by atoms with Crippen molar-refractivity contribution in [3.63, 3.8) is 0 Å². The van der Waals surface area contributed by atoms with Crippen molar-refractivity contribution in [3.8, 4) is 0 Å². The molecule has 0 aromatic heterocycles. The molecule has 1 aliphatic rings. The number of hydrogen-bond donors (Lipinski definition) is 1. The van der Waals surface area contributed by atoms with Gasteiger partial charge in [0.25, 0.3) is 5.91 Å². The maximum atomic E-state index is 12.5. The summed E-state index contributed by atoms with van der Waals surface area (Å²) < 4.78 is 0. The molecule has 0 saturated carbocycles. The van der Waals surface area contributed by atoms with Gasteiger partial charge in [-0.2, -0.15) is 0 Å². The fraction of sp³-hybridized carbons (Fsp3) is 0.440. The summed E-state index contributed by atoms with van der Waals surface area (Å²) in [5, 5.41) is 3.08. The molecule has 3 rings (SSSR count). The van der Waals surface area contributed by atoms with E-state index in [1.165, 1.54) is 12.8 Å². The van der Waals surface area contributed by atoms with Gasteiger partial charge in [0.05, 0.1) is 5.75 Å². The minimum atomic E-state index is -0.0206. The lowest BCUT2D eigenvalue weighted by molar-refractivity contribution is -0.128. The molecule has 1 aliphatic heterocycles. The average Bonchev–Trinajstić information content (AvgIpc) is 3.14. The molecule has 160 valence electrons. The minimum absolute atomic E-state index is 0.00617. The standard InChI is InChI=1S/C25H32N2O2S/c1-3-5-9-19(4-2)16-26-24(29)21-12-14-22(15-13-21)25-27(23(28)18-30-25)17-20-10-7-6-8-11-20/h6-8,10-15,19,25H,3-5,9,16-18H2,1-2H3,(H,26,29). The van der Waals surface area contributed by atoms with Crippen LogP contribution in [0.2, 0.25) is 0 Å². The molecular formula is C25H32N2O2S. The molecule has 2 aromatic rings. The topological polar surface area (TPSA) is 49.4 Å². The van der Waals surface area contributed by atoms with E-state index in [0.717, 1.165) is 30.5 Å². The van der Waals surface area contributed by atoms with Crippen LogP contribution in [0.25, 0.3) is 0 Å². The van der Waals surface area contributed by atoms with Crippen molar-refractivity contribution in [1.82, 2.24) is 10.2 Å². The van der Waals surface area contributed by atoms with E-state index in [4.69, 9.17) is 0 Å². The molecule has 0 aliphatic carbocycles. The van der Waals surface area contributed by atoms with E-state index < -0.39 is 0 Å². The molecule has 1 fully saturated rings. The molecule has 2 amide bonds. The van der Waals surface area contributed by atoms with E-state index >= 15 is 0 Å². The number of carbonyl (C=O) groups is 2. The van der Waals surface area contributed by atoms with Crippen LogP contribution in [0.5, 0.6) is 0 Å². The van der Waals surface area contributed by atoms with E-state index in [9.17, 15) is 9.59 Å². The van der Waals surface area contributed by atoms with E-state index in [1.807, 2.05) is 59.5 Å². The Hall–Kier alpha value is -2.27. The van der Waals surface area contributed by atoms with Gasteiger partial charge in [0.2, 0.25) is 5.91 Å². The van der Waals surface area contributed by atoms with E-state index in [1.54, 1.807) is 11.8 Å². The number of rotatable bonds is 10. The summed E-state index contributed by atoms with van der Waals surface area (Å²) in [5.74, 6) is 1.18. The third-order valence-corrected chi connectivity index (χ3v) is 6.97. The second-order valence-electron chi connectivity index (χ2n) is 7.92. The Morgan fingerprint density at radius 2 is 1.87 bits per heavy atom. The summed E-state index contributed by atoms with van der Waals surface area (Å²) in [6.07, 6.45) is 4.65. The first-order chi connectivity index (χ1) is 14.6. The monoisotopic (exact) mass is 424 g/mol. The van der Waals surface area contributed by atoms with Crippen LogP contribution in [0.3, 0.4) is 0 Å². The smallest absolute Gasteiger partial charge is 0.251 e. The van der Waals surface area contributed by atoms with Crippen LogP contribution in [0.4, 0.5) is 0 Å². The number of nitrogens with zero attached hydrogens (tertiary/aromatic N) is 1. The molecule has 1 saturated heterocycles. The summed E-state index contributed by atoms with van der Waals surface area (Å²) >= 11 is 1.65. The number of thioether (sulfide) groups is 1. The van der Waals surface area contributed by atoms with Gasteiger partial charge < -0.3 is 10.2 Å². The molecule has 2 unspecified atom stereocenters. The average molecular weight is 425 g/mol. The molecule has 4 nitrogen and oxygen atoms in total. The molecule has 2 atom stereocenters. The zero-order chi connectivity index (χ0) is 21.3. The SMILES string of the molecule is CCCCC(CC)CNC(=O)c1ccc(C2SCC(=O)N2Cc2ccccc2)cc1. The minimum Gasteiger partial charge on any atom is -0.352 e. The number of hydrogen-bond acceptors (Lipinski definition) is 3. The van der Waals surface area contributed by atoms with Crippen LogP contribution in [0.15, 0.2) is 54.6 Å². The van der Waals surface area contributed by atoms with Crippen LogP contribution in [0, 0.1) is 5.92 Å². The molecule has 30 heavy (non-hydrogen) atoms.